The fourth-order valence-corrected chi connectivity index (χ4v) is 1.98. The molecule has 0 saturated carbocycles. The van der Waals surface area contributed by atoms with Crippen LogP contribution in [0.4, 0.5) is 0 Å². The minimum atomic E-state index is -0.355. The van der Waals surface area contributed by atoms with E-state index >= 15 is 0 Å². The summed E-state index contributed by atoms with van der Waals surface area (Å²) in [7, 11) is -0.355. The van der Waals surface area contributed by atoms with E-state index < -0.39 is 0 Å². The fraction of sp³-hybridized carbons (Fsp3) is 0.429. The maximum atomic E-state index is 6.00. The number of rotatable bonds is 3. The van der Waals surface area contributed by atoms with Crippen molar-refractivity contribution in [2.24, 2.45) is 11.6 Å². The van der Waals surface area contributed by atoms with Crippen molar-refractivity contribution >= 4 is 18.3 Å². The van der Waals surface area contributed by atoms with E-state index in [9.17, 15) is 0 Å². The molecule has 1 heterocycles. The van der Waals surface area contributed by atoms with E-state index in [2.05, 4.69) is 5.43 Å². The van der Waals surface area contributed by atoms with Crippen molar-refractivity contribution in [3.63, 3.8) is 0 Å². The third-order valence-electron chi connectivity index (χ3n) is 4.01. The van der Waals surface area contributed by atoms with Gasteiger partial charge in [0.15, 0.2) is 0 Å². The van der Waals surface area contributed by atoms with Crippen LogP contribution in [0.1, 0.15) is 33.3 Å². The van der Waals surface area contributed by atoms with Gasteiger partial charge >= 0.3 is 7.12 Å². The molecule has 0 amide bonds. The number of nitrogens with two attached hydrogens (primary N) is 2. The summed E-state index contributed by atoms with van der Waals surface area (Å²) in [5.74, 6) is 5.21. The Hall–Kier alpha value is -1.50. The molecule has 0 bridgehead atoms. The predicted molar refractivity (Wildman–Crippen MR) is 81.6 cm³/mol. The quantitative estimate of drug-likeness (QED) is 0.430. The van der Waals surface area contributed by atoms with Crippen LogP contribution in [0.5, 0.6) is 0 Å². The van der Waals surface area contributed by atoms with Crippen LogP contribution in [0.2, 0.25) is 0 Å². The van der Waals surface area contributed by atoms with Gasteiger partial charge in [0.2, 0.25) is 0 Å². The van der Waals surface area contributed by atoms with E-state index in [0.29, 0.717) is 5.70 Å². The van der Waals surface area contributed by atoms with E-state index in [1.54, 1.807) is 6.20 Å². The first-order valence-electron chi connectivity index (χ1n) is 6.64. The van der Waals surface area contributed by atoms with Crippen LogP contribution in [0.25, 0.3) is 5.70 Å². The molecule has 5 nitrogen and oxygen atoms in total. The second-order valence-corrected chi connectivity index (χ2v) is 5.98. The molecule has 1 aliphatic heterocycles. The molecular weight excluding hydrogens is 253 g/mol. The lowest BCUT2D eigenvalue weighted by Crippen LogP contribution is -2.41. The Morgan fingerprint density at radius 2 is 1.60 bits per heavy atom. The largest absolute Gasteiger partial charge is 0.494 e. The highest BCUT2D eigenvalue weighted by molar-refractivity contribution is 6.62. The molecule has 1 aromatic rings. The average molecular weight is 275 g/mol. The smallest absolute Gasteiger partial charge is 0.399 e. The minimum Gasteiger partial charge on any atom is -0.399 e. The van der Waals surface area contributed by atoms with Gasteiger partial charge in [-0.05, 0) is 38.7 Å². The molecule has 20 heavy (non-hydrogen) atoms. The van der Waals surface area contributed by atoms with E-state index in [-0.39, 0.29) is 18.3 Å². The van der Waals surface area contributed by atoms with Gasteiger partial charge in [-0.3, -0.25) is 5.84 Å². The predicted octanol–water partition coefficient (Wildman–Crippen LogP) is 0.706. The maximum Gasteiger partial charge on any atom is 0.494 e. The number of hydrogen-bond acceptors (Lipinski definition) is 5. The Bertz CT molecular complexity index is 496. The summed E-state index contributed by atoms with van der Waals surface area (Å²) in [6.45, 7) is 8.15. The Morgan fingerprint density at radius 1 is 1.10 bits per heavy atom. The Labute approximate surface area is 120 Å². The molecule has 2 rings (SSSR count). The van der Waals surface area contributed by atoms with Crippen molar-refractivity contribution in [1.82, 2.24) is 5.43 Å². The summed E-state index contributed by atoms with van der Waals surface area (Å²) in [6.07, 6.45) is 1.55. The van der Waals surface area contributed by atoms with Gasteiger partial charge in [-0.2, -0.15) is 0 Å². The summed E-state index contributed by atoms with van der Waals surface area (Å²) in [4.78, 5) is 0. The Morgan fingerprint density at radius 3 is 2.05 bits per heavy atom. The third kappa shape index (κ3) is 2.68. The normalized spacial score (nSPS) is 21.1. The van der Waals surface area contributed by atoms with Crippen molar-refractivity contribution in [3.8, 4) is 0 Å². The van der Waals surface area contributed by atoms with Gasteiger partial charge in [-0.1, -0.05) is 24.3 Å². The SMILES string of the molecule is CC1(C)OB(c2ccc(/C(N)=C/NN)cc2)OC1(C)C. The molecule has 108 valence electrons. The van der Waals surface area contributed by atoms with Crippen LogP contribution in [0.3, 0.4) is 0 Å². The zero-order valence-corrected chi connectivity index (χ0v) is 12.4. The lowest BCUT2D eigenvalue weighted by atomic mass is 9.79. The maximum absolute atomic E-state index is 6.00. The molecule has 1 aromatic carbocycles. The van der Waals surface area contributed by atoms with Crippen LogP contribution < -0.4 is 22.5 Å². The molecule has 0 aromatic heterocycles. The van der Waals surface area contributed by atoms with Gasteiger partial charge < -0.3 is 20.5 Å². The number of hydrazine groups is 1. The highest BCUT2D eigenvalue weighted by atomic mass is 16.7. The minimum absolute atomic E-state index is 0.335. The molecule has 0 atom stereocenters. The molecule has 0 aliphatic carbocycles. The average Bonchev–Trinajstić information content (AvgIpc) is 2.59. The Balaban J connectivity index is 2.18. The zero-order valence-electron chi connectivity index (χ0n) is 12.4. The summed E-state index contributed by atoms with van der Waals surface area (Å²) >= 11 is 0. The van der Waals surface area contributed by atoms with E-state index in [4.69, 9.17) is 20.9 Å². The van der Waals surface area contributed by atoms with Crippen molar-refractivity contribution in [3.05, 3.63) is 36.0 Å². The van der Waals surface area contributed by atoms with Crippen molar-refractivity contribution in [2.45, 2.75) is 38.9 Å². The molecule has 0 unspecified atom stereocenters. The highest BCUT2D eigenvalue weighted by Gasteiger charge is 2.51. The van der Waals surface area contributed by atoms with Crippen molar-refractivity contribution < 1.29 is 9.31 Å². The molecule has 0 spiro atoms. The molecule has 0 radical (unpaired) electrons. The highest BCUT2D eigenvalue weighted by Crippen LogP contribution is 2.36. The number of hydrogen-bond donors (Lipinski definition) is 3. The first-order valence-corrected chi connectivity index (χ1v) is 6.64. The van der Waals surface area contributed by atoms with Gasteiger partial charge in [-0.25, -0.2) is 0 Å². The molecule has 6 heteroatoms. The van der Waals surface area contributed by atoms with E-state index in [1.165, 1.54) is 0 Å². The topological polar surface area (TPSA) is 82.5 Å². The fourth-order valence-electron chi connectivity index (χ4n) is 1.98. The first-order chi connectivity index (χ1) is 9.27. The van der Waals surface area contributed by atoms with Gasteiger partial charge in [0.05, 0.1) is 16.9 Å². The van der Waals surface area contributed by atoms with E-state index in [0.717, 1.165) is 11.0 Å². The second-order valence-electron chi connectivity index (χ2n) is 5.98. The number of benzene rings is 1. The van der Waals surface area contributed by atoms with Gasteiger partial charge in [0, 0.05) is 6.20 Å². The monoisotopic (exact) mass is 275 g/mol. The third-order valence-corrected chi connectivity index (χ3v) is 4.01. The van der Waals surface area contributed by atoms with Crippen LogP contribution in [0.15, 0.2) is 30.5 Å². The molecule has 5 N–H and O–H groups in total. The lowest BCUT2D eigenvalue weighted by Gasteiger charge is -2.32. The van der Waals surface area contributed by atoms with Crippen molar-refractivity contribution in [2.75, 3.05) is 0 Å². The molecular formula is C14H22BN3O2. The van der Waals surface area contributed by atoms with E-state index in [1.807, 2.05) is 52.0 Å². The van der Waals surface area contributed by atoms with Crippen LogP contribution in [-0.2, 0) is 9.31 Å². The lowest BCUT2D eigenvalue weighted by molar-refractivity contribution is 0.00578. The first kappa shape index (κ1) is 14.9. The van der Waals surface area contributed by atoms with Crippen LogP contribution >= 0.6 is 0 Å². The summed E-state index contributed by atoms with van der Waals surface area (Å²) in [5.41, 5.74) is 10.0. The summed E-state index contributed by atoms with van der Waals surface area (Å²) < 4.78 is 12.0. The van der Waals surface area contributed by atoms with Gasteiger partial charge in [-0.15, -0.1) is 0 Å². The van der Waals surface area contributed by atoms with Gasteiger partial charge in [0.1, 0.15) is 0 Å². The second kappa shape index (κ2) is 5.12. The summed E-state index contributed by atoms with van der Waals surface area (Å²) in [6, 6.07) is 7.75. The standard InChI is InChI=1S/C14H22BN3O2/c1-13(2)14(3,4)20-15(19-13)11-7-5-10(6-8-11)12(16)9-18-17/h5-9,18H,16-17H2,1-4H3/b12-9-. The Kier molecular flexibility index (Phi) is 3.82. The van der Waals surface area contributed by atoms with Gasteiger partial charge in [0.25, 0.3) is 0 Å². The zero-order chi connectivity index (χ0) is 15.0. The van der Waals surface area contributed by atoms with Crippen molar-refractivity contribution in [1.29, 1.82) is 0 Å². The summed E-state index contributed by atoms with van der Waals surface area (Å²) in [5, 5.41) is 0. The number of nitrogens with one attached hydrogen (secondary N) is 1. The molecule has 1 saturated heterocycles. The molecule has 1 aliphatic rings. The van der Waals surface area contributed by atoms with Crippen LogP contribution in [0, 0.1) is 0 Å². The van der Waals surface area contributed by atoms with Crippen LogP contribution in [-0.4, -0.2) is 18.3 Å². The molecule has 1 fully saturated rings.